The molecular weight excluding hydrogens is 318 g/mol. The fraction of sp³-hybridized carbons (Fsp3) is 0.125. The molecule has 7 heteroatoms. The standard InChI is InChI=1S/C16H14ClN3O3/c1-22-13-7-9(6-10(17)15(13)23-8-14(18)21)16-19-11-4-2-3-5-12(11)20-16/h2-7H,8H2,1H3,(H2,18,21)(H,19,20). The Hall–Kier alpha value is -2.73. The van der Waals surface area contributed by atoms with E-state index >= 15 is 0 Å². The van der Waals surface area contributed by atoms with Crippen LogP contribution in [0.25, 0.3) is 22.4 Å². The van der Waals surface area contributed by atoms with Crippen LogP contribution in [0.2, 0.25) is 5.02 Å². The van der Waals surface area contributed by atoms with E-state index in [9.17, 15) is 4.79 Å². The summed E-state index contributed by atoms with van der Waals surface area (Å²) in [4.78, 5) is 18.6. The highest BCUT2D eigenvalue weighted by Crippen LogP contribution is 2.39. The van der Waals surface area contributed by atoms with E-state index < -0.39 is 5.91 Å². The minimum Gasteiger partial charge on any atom is -0.493 e. The van der Waals surface area contributed by atoms with E-state index in [0.29, 0.717) is 16.6 Å². The van der Waals surface area contributed by atoms with Crippen molar-refractivity contribution in [1.82, 2.24) is 9.97 Å². The summed E-state index contributed by atoms with van der Waals surface area (Å²) in [5.74, 6) is 0.736. The molecule has 0 atom stereocenters. The predicted molar refractivity (Wildman–Crippen MR) is 87.8 cm³/mol. The first-order valence-corrected chi connectivity index (χ1v) is 7.20. The number of H-pyrrole nitrogens is 1. The van der Waals surface area contributed by atoms with Crippen LogP contribution < -0.4 is 15.2 Å². The Kier molecular flexibility index (Phi) is 4.08. The second kappa shape index (κ2) is 6.18. The molecule has 2 aromatic carbocycles. The van der Waals surface area contributed by atoms with Gasteiger partial charge in [0.15, 0.2) is 18.1 Å². The quantitative estimate of drug-likeness (QED) is 0.752. The van der Waals surface area contributed by atoms with Crippen LogP contribution in [0.5, 0.6) is 11.5 Å². The zero-order valence-corrected chi connectivity index (χ0v) is 13.1. The fourth-order valence-corrected chi connectivity index (χ4v) is 2.49. The summed E-state index contributed by atoms with van der Waals surface area (Å²) in [5, 5.41) is 0.307. The normalized spacial score (nSPS) is 10.7. The largest absolute Gasteiger partial charge is 0.493 e. The second-order valence-corrected chi connectivity index (χ2v) is 5.25. The van der Waals surface area contributed by atoms with Crippen LogP contribution in [-0.4, -0.2) is 29.6 Å². The molecule has 0 saturated carbocycles. The smallest absolute Gasteiger partial charge is 0.255 e. The Morgan fingerprint density at radius 1 is 1.35 bits per heavy atom. The van der Waals surface area contributed by atoms with Gasteiger partial charge in [0.25, 0.3) is 5.91 Å². The van der Waals surface area contributed by atoms with Crippen molar-refractivity contribution in [2.75, 3.05) is 13.7 Å². The molecular formula is C16H14ClN3O3. The predicted octanol–water partition coefficient (Wildman–Crippen LogP) is 2.76. The summed E-state index contributed by atoms with van der Waals surface area (Å²) in [7, 11) is 1.49. The molecule has 0 spiro atoms. The highest BCUT2D eigenvalue weighted by atomic mass is 35.5. The van der Waals surface area contributed by atoms with Gasteiger partial charge in [-0.1, -0.05) is 23.7 Å². The number of nitrogens with zero attached hydrogens (tertiary/aromatic N) is 1. The van der Waals surface area contributed by atoms with E-state index in [4.69, 9.17) is 26.8 Å². The molecule has 0 radical (unpaired) electrons. The molecule has 1 amide bonds. The first kappa shape index (κ1) is 15.2. The van der Waals surface area contributed by atoms with Gasteiger partial charge in [0.2, 0.25) is 0 Å². The number of para-hydroxylation sites is 2. The van der Waals surface area contributed by atoms with Crippen LogP contribution in [-0.2, 0) is 4.79 Å². The number of nitrogens with one attached hydrogen (secondary N) is 1. The molecule has 0 unspecified atom stereocenters. The maximum Gasteiger partial charge on any atom is 0.255 e. The van der Waals surface area contributed by atoms with Crippen LogP contribution >= 0.6 is 11.6 Å². The number of fused-ring (bicyclic) bond motifs is 1. The van der Waals surface area contributed by atoms with E-state index in [1.807, 2.05) is 24.3 Å². The SMILES string of the molecule is COc1cc(-c2nc3ccccc3[nH]2)cc(Cl)c1OCC(N)=O. The molecule has 3 N–H and O–H groups in total. The lowest BCUT2D eigenvalue weighted by Crippen LogP contribution is -2.20. The van der Waals surface area contributed by atoms with Crippen LogP contribution in [0, 0.1) is 0 Å². The first-order chi connectivity index (χ1) is 11.1. The van der Waals surface area contributed by atoms with Crippen LogP contribution in [0.4, 0.5) is 0 Å². The number of carbonyl (C=O) groups excluding carboxylic acids is 1. The van der Waals surface area contributed by atoms with Crippen molar-refractivity contribution >= 4 is 28.5 Å². The van der Waals surface area contributed by atoms with Crippen molar-refractivity contribution in [3.63, 3.8) is 0 Å². The van der Waals surface area contributed by atoms with Gasteiger partial charge in [-0.05, 0) is 24.3 Å². The highest BCUT2D eigenvalue weighted by molar-refractivity contribution is 6.32. The van der Waals surface area contributed by atoms with Gasteiger partial charge >= 0.3 is 0 Å². The van der Waals surface area contributed by atoms with E-state index in [1.54, 1.807) is 12.1 Å². The molecule has 3 aromatic rings. The van der Waals surface area contributed by atoms with Crippen LogP contribution in [0.3, 0.4) is 0 Å². The molecule has 0 fully saturated rings. The van der Waals surface area contributed by atoms with Crippen molar-refractivity contribution in [1.29, 1.82) is 0 Å². The molecule has 118 valence electrons. The van der Waals surface area contributed by atoms with E-state index in [0.717, 1.165) is 16.6 Å². The number of primary amides is 1. The van der Waals surface area contributed by atoms with Crippen molar-refractivity contribution in [2.45, 2.75) is 0 Å². The monoisotopic (exact) mass is 331 g/mol. The van der Waals surface area contributed by atoms with Gasteiger partial charge in [0.05, 0.1) is 23.2 Å². The Morgan fingerprint density at radius 2 is 2.13 bits per heavy atom. The van der Waals surface area contributed by atoms with Crippen LogP contribution in [0.1, 0.15) is 0 Å². The zero-order chi connectivity index (χ0) is 16.4. The summed E-state index contributed by atoms with van der Waals surface area (Å²) in [5.41, 5.74) is 7.60. The third-order valence-corrected chi connectivity index (χ3v) is 3.53. The molecule has 23 heavy (non-hydrogen) atoms. The summed E-state index contributed by atoms with van der Waals surface area (Å²) in [6, 6.07) is 11.1. The summed E-state index contributed by atoms with van der Waals surface area (Å²) < 4.78 is 10.6. The first-order valence-electron chi connectivity index (χ1n) is 6.82. The summed E-state index contributed by atoms with van der Waals surface area (Å²) in [6.07, 6.45) is 0. The number of aromatic amines is 1. The highest BCUT2D eigenvalue weighted by Gasteiger charge is 2.15. The lowest BCUT2D eigenvalue weighted by atomic mass is 10.2. The van der Waals surface area contributed by atoms with Gasteiger partial charge < -0.3 is 20.2 Å². The third kappa shape index (κ3) is 3.07. The maximum absolute atomic E-state index is 10.9. The Balaban J connectivity index is 2.03. The van der Waals surface area contributed by atoms with Gasteiger partial charge in [0, 0.05) is 5.56 Å². The van der Waals surface area contributed by atoms with Gasteiger partial charge in [-0.2, -0.15) is 0 Å². The number of methoxy groups -OCH3 is 1. The number of imidazole rings is 1. The summed E-state index contributed by atoms with van der Waals surface area (Å²) >= 11 is 6.25. The number of amides is 1. The molecule has 1 aromatic heterocycles. The number of halogens is 1. The van der Waals surface area contributed by atoms with E-state index in [2.05, 4.69) is 9.97 Å². The lowest BCUT2D eigenvalue weighted by molar-refractivity contribution is -0.119. The zero-order valence-electron chi connectivity index (χ0n) is 12.3. The van der Waals surface area contributed by atoms with Crippen LogP contribution in [0.15, 0.2) is 36.4 Å². The van der Waals surface area contributed by atoms with Crippen molar-refractivity contribution < 1.29 is 14.3 Å². The molecule has 0 bridgehead atoms. The molecule has 3 rings (SSSR count). The number of carbonyl (C=O) groups is 1. The number of rotatable bonds is 5. The average Bonchev–Trinajstić information content (AvgIpc) is 2.96. The minimum atomic E-state index is -0.593. The molecule has 1 heterocycles. The number of ether oxygens (including phenoxy) is 2. The Morgan fingerprint density at radius 3 is 2.83 bits per heavy atom. The van der Waals surface area contributed by atoms with Crippen molar-refractivity contribution in [3.05, 3.63) is 41.4 Å². The fourth-order valence-electron chi connectivity index (χ4n) is 2.23. The molecule has 0 aliphatic rings. The van der Waals surface area contributed by atoms with Crippen molar-refractivity contribution in [3.8, 4) is 22.9 Å². The van der Waals surface area contributed by atoms with Crippen molar-refractivity contribution in [2.24, 2.45) is 5.73 Å². The van der Waals surface area contributed by atoms with Gasteiger partial charge in [0.1, 0.15) is 5.82 Å². The number of hydrogen-bond acceptors (Lipinski definition) is 4. The number of nitrogens with two attached hydrogens (primary N) is 1. The number of hydrogen-bond donors (Lipinski definition) is 2. The molecule has 0 saturated heterocycles. The van der Waals surface area contributed by atoms with Gasteiger partial charge in [-0.25, -0.2) is 4.98 Å². The van der Waals surface area contributed by atoms with Gasteiger partial charge in [-0.15, -0.1) is 0 Å². The lowest BCUT2D eigenvalue weighted by Gasteiger charge is -2.12. The van der Waals surface area contributed by atoms with Gasteiger partial charge in [-0.3, -0.25) is 4.79 Å². The topological polar surface area (TPSA) is 90.2 Å². The Labute approximate surface area is 137 Å². The number of aromatic nitrogens is 2. The Bertz CT molecular complexity index is 843. The number of benzene rings is 2. The molecule has 0 aliphatic heterocycles. The molecule has 0 aliphatic carbocycles. The third-order valence-electron chi connectivity index (χ3n) is 3.25. The maximum atomic E-state index is 10.9. The van der Waals surface area contributed by atoms with E-state index in [1.165, 1.54) is 7.11 Å². The average molecular weight is 332 g/mol. The minimum absolute atomic E-state index is 0.271. The van der Waals surface area contributed by atoms with E-state index in [-0.39, 0.29) is 12.4 Å². The summed E-state index contributed by atoms with van der Waals surface area (Å²) in [6.45, 7) is -0.278. The second-order valence-electron chi connectivity index (χ2n) is 4.85. The molecule has 6 nitrogen and oxygen atoms in total.